The molecule has 1 heterocycles. The normalized spacial score (nSPS) is 18.2. The Morgan fingerprint density at radius 1 is 1.38 bits per heavy atom. The molecule has 3 rings (SSSR count). The van der Waals surface area contributed by atoms with Crippen molar-refractivity contribution in [1.29, 1.82) is 0 Å². The summed E-state index contributed by atoms with van der Waals surface area (Å²) in [6.45, 7) is 7.17. The van der Waals surface area contributed by atoms with Crippen LogP contribution in [0.4, 0.5) is 10.1 Å². The summed E-state index contributed by atoms with van der Waals surface area (Å²) >= 11 is 0. The van der Waals surface area contributed by atoms with E-state index in [0.29, 0.717) is 31.6 Å². The number of unbranched alkanes of at least 4 members (excludes halogenated alkanes) is 1. The Kier molecular flexibility index (Phi) is 6.26. The molecule has 0 aromatic heterocycles. The number of fused-ring (bicyclic) bond motifs is 1. The van der Waals surface area contributed by atoms with Crippen molar-refractivity contribution >= 4 is 23.1 Å². The molecule has 154 valence electrons. The Morgan fingerprint density at radius 2 is 2.14 bits per heavy atom. The number of carbonyl (C=O) groups is 2. The number of hydrogen-bond acceptors (Lipinski definition) is 3. The Labute approximate surface area is 171 Å². The Morgan fingerprint density at radius 3 is 2.83 bits per heavy atom. The largest absolute Gasteiger partial charge is 0.367 e. The second-order valence-corrected chi connectivity index (χ2v) is 7.86. The SMILES string of the molecule is CCCC#CC(=O)N[C@H]1CCCN(c2c(F)cc(C(N)=O)c3c2C(C)=C(C)C3)C1. The topological polar surface area (TPSA) is 75.4 Å². The summed E-state index contributed by atoms with van der Waals surface area (Å²) in [4.78, 5) is 25.9. The lowest BCUT2D eigenvalue weighted by Crippen LogP contribution is -2.48. The van der Waals surface area contributed by atoms with Gasteiger partial charge < -0.3 is 16.0 Å². The zero-order valence-corrected chi connectivity index (χ0v) is 17.3. The van der Waals surface area contributed by atoms with Gasteiger partial charge in [0, 0.05) is 36.7 Å². The van der Waals surface area contributed by atoms with Gasteiger partial charge in [0.25, 0.3) is 5.91 Å². The van der Waals surface area contributed by atoms with Gasteiger partial charge in [0.1, 0.15) is 5.82 Å². The van der Waals surface area contributed by atoms with Crippen molar-refractivity contribution in [1.82, 2.24) is 5.32 Å². The number of piperidine rings is 1. The first-order valence-corrected chi connectivity index (χ1v) is 10.2. The highest BCUT2D eigenvalue weighted by Gasteiger charge is 2.31. The number of nitrogens with one attached hydrogen (secondary N) is 1. The highest BCUT2D eigenvalue weighted by molar-refractivity contribution is 5.99. The fourth-order valence-electron chi connectivity index (χ4n) is 4.19. The molecule has 3 N–H and O–H groups in total. The summed E-state index contributed by atoms with van der Waals surface area (Å²) in [7, 11) is 0. The lowest BCUT2D eigenvalue weighted by Gasteiger charge is -2.36. The van der Waals surface area contributed by atoms with Gasteiger partial charge in [-0.05, 0) is 62.7 Å². The van der Waals surface area contributed by atoms with Crippen LogP contribution in [0.5, 0.6) is 0 Å². The van der Waals surface area contributed by atoms with Crippen LogP contribution in [-0.4, -0.2) is 30.9 Å². The third-order valence-electron chi connectivity index (χ3n) is 5.73. The standard InChI is InChI=1S/C23H28FN3O2/c1-4-5-6-9-20(28)26-16-8-7-10-27(13-16)22-19(24)12-18(23(25)29)17-11-14(2)15(3)21(17)22/h12,16H,4-5,7-8,10-11,13H2,1-3H3,(H2,25,29)(H,26,28)/t16-/m0/s1. The molecule has 0 saturated carbocycles. The van der Waals surface area contributed by atoms with Gasteiger partial charge in [0.2, 0.25) is 5.91 Å². The number of nitrogens with zero attached hydrogens (tertiary/aromatic N) is 1. The van der Waals surface area contributed by atoms with E-state index >= 15 is 4.39 Å². The fraction of sp³-hybridized carbons (Fsp3) is 0.478. The van der Waals surface area contributed by atoms with E-state index in [2.05, 4.69) is 17.2 Å². The maximum atomic E-state index is 15.2. The molecular weight excluding hydrogens is 369 g/mol. The van der Waals surface area contributed by atoms with E-state index in [9.17, 15) is 9.59 Å². The van der Waals surface area contributed by atoms with Gasteiger partial charge in [-0.3, -0.25) is 9.59 Å². The highest BCUT2D eigenvalue weighted by Crippen LogP contribution is 2.43. The Bertz CT molecular complexity index is 940. The maximum absolute atomic E-state index is 15.2. The van der Waals surface area contributed by atoms with Crippen LogP contribution in [-0.2, 0) is 11.2 Å². The molecule has 5 nitrogen and oxygen atoms in total. The molecule has 0 radical (unpaired) electrons. The maximum Gasteiger partial charge on any atom is 0.296 e. The average Bonchev–Trinajstić information content (AvgIpc) is 2.96. The summed E-state index contributed by atoms with van der Waals surface area (Å²) in [5, 5.41) is 2.95. The number of allylic oxidation sites excluding steroid dienone is 2. The molecule has 1 fully saturated rings. The molecule has 1 aliphatic carbocycles. The zero-order chi connectivity index (χ0) is 21.1. The lowest BCUT2D eigenvalue weighted by molar-refractivity contribution is -0.116. The molecule has 29 heavy (non-hydrogen) atoms. The number of rotatable bonds is 4. The molecule has 2 amide bonds. The molecule has 0 spiro atoms. The molecule has 0 bridgehead atoms. The van der Waals surface area contributed by atoms with Crippen molar-refractivity contribution in [3.63, 3.8) is 0 Å². The number of benzene rings is 1. The highest BCUT2D eigenvalue weighted by atomic mass is 19.1. The first-order chi connectivity index (χ1) is 13.8. The molecule has 1 atom stereocenters. The molecule has 6 heteroatoms. The van der Waals surface area contributed by atoms with Gasteiger partial charge in [-0.15, -0.1) is 0 Å². The van der Waals surface area contributed by atoms with E-state index < -0.39 is 11.7 Å². The van der Waals surface area contributed by atoms with Gasteiger partial charge in [0.05, 0.1) is 5.69 Å². The summed E-state index contributed by atoms with van der Waals surface area (Å²) < 4.78 is 15.2. The molecular formula is C23H28FN3O2. The number of anilines is 1. The van der Waals surface area contributed by atoms with Crippen LogP contribution in [0.25, 0.3) is 5.57 Å². The van der Waals surface area contributed by atoms with Crippen molar-refractivity contribution in [2.45, 2.75) is 58.9 Å². The van der Waals surface area contributed by atoms with Gasteiger partial charge in [-0.1, -0.05) is 18.4 Å². The number of nitrogens with two attached hydrogens (primary N) is 1. The van der Waals surface area contributed by atoms with Crippen molar-refractivity contribution in [3.8, 4) is 11.8 Å². The number of hydrogen-bond donors (Lipinski definition) is 2. The van der Waals surface area contributed by atoms with E-state index in [0.717, 1.165) is 41.5 Å². The molecule has 1 aliphatic heterocycles. The van der Waals surface area contributed by atoms with Crippen LogP contribution >= 0.6 is 0 Å². The number of amides is 2. The predicted octanol–water partition coefficient (Wildman–Crippen LogP) is 3.16. The summed E-state index contributed by atoms with van der Waals surface area (Å²) in [5.74, 6) is 4.14. The van der Waals surface area contributed by atoms with Crippen molar-refractivity contribution in [2.75, 3.05) is 18.0 Å². The quantitative estimate of drug-likeness (QED) is 0.767. The lowest BCUT2D eigenvalue weighted by atomic mass is 9.95. The van der Waals surface area contributed by atoms with Gasteiger partial charge in [-0.2, -0.15) is 0 Å². The predicted molar refractivity (Wildman–Crippen MR) is 113 cm³/mol. The van der Waals surface area contributed by atoms with Gasteiger partial charge in [-0.25, -0.2) is 4.39 Å². The van der Waals surface area contributed by atoms with Crippen LogP contribution in [0.2, 0.25) is 0 Å². The van der Waals surface area contributed by atoms with Crippen LogP contribution in [0.15, 0.2) is 11.6 Å². The van der Waals surface area contributed by atoms with Crippen molar-refractivity contribution in [3.05, 3.63) is 34.1 Å². The van der Waals surface area contributed by atoms with E-state index in [4.69, 9.17) is 5.73 Å². The van der Waals surface area contributed by atoms with Gasteiger partial charge in [0.15, 0.2) is 0 Å². The molecule has 1 saturated heterocycles. The Balaban J connectivity index is 1.89. The Hall–Kier alpha value is -2.81. The minimum Gasteiger partial charge on any atom is -0.367 e. The smallest absolute Gasteiger partial charge is 0.296 e. The first-order valence-electron chi connectivity index (χ1n) is 10.2. The third kappa shape index (κ3) is 4.29. The zero-order valence-electron chi connectivity index (χ0n) is 17.3. The second kappa shape index (κ2) is 8.69. The van der Waals surface area contributed by atoms with Crippen molar-refractivity contribution in [2.24, 2.45) is 5.73 Å². The molecule has 0 unspecified atom stereocenters. The number of primary amides is 1. The monoisotopic (exact) mass is 397 g/mol. The van der Waals surface area contributed by atoms with Crippen LogP contribution in [0, 0.1) is 17.7 Å². The minimum absolute atomic E-state index is 0.0928. The van der Waals surface area contributed by atoms with E-state index in [-0.39, 0.29) is 17.5 Å². The number of carbonyl (C=O) groups excluding carboxylic acids is 2. The van der Waals surface area contributed by atoms with E-state index in [1.807, 2.05) is 25.7 Å². The molecule has 1 aromatic rings. The summed E-state index contributed by atoms with van der Waals surface area (Å²) in [6, 6.07) is 1.17. The summed E-state index contributed by atoms with van der Waals surface area (Å²) in [5.41, 5.74) is 9.97. The van der Waals surface area contributed by atoms with Crippen LogP contribution in [0.3, 0.4) is 0 Å². The third-order valence-corrected chi connectivity index (χ3v) is 5.73. The van der Waals surface area contributed by atoms with E-state index in [1.165, 1.54) is 6.07 Å². The first kappa shape index (κ1) is 20.9. The van der Waals surface area contributed by atoms with Gasteiger partial charge >= 0.3 is 0 Å². The van der Waals surface area contributed by atoms with Crippen LogP contribution < -0.4 is 16.0 Å². The second-order valence-electron chi connectivity index (χ2n) is 7.86. The number of halogens is 1. The van der Waals surface area contributed by atoms with Crippen LogP contribution in [0.1, 0.15) is 67.9 Å². The molecule has 2 aliphatic rings. The van der Waals surface area contributed by atoms with E-state index in [1.54, 1.807) is 0 Å². The fourth-order valence-corrected chi connectivity index (χ4v) is 4.19. The summed E-state index contributed by atoms with van der Waals surface area (Å²) in [6.07, 6.45) is 3.87. The average molecular weight is 397 g/mol. The molecule has 1 aromatic carbocycles. The minimum atomic E-state index is -0.608. The van der Waals surface area contributed by atoms with Crippen molar-refractivity contribution < 1.29 is 14.0 Å².